The molecule has 0 radical (unpaired) electrons. The molecule has 0 spiro atoms. The van der Waals surface area contributed by atoms with Crippen molar-refractivity contribution in [3.63, 3.8) is 0 Å². The summed E-state index contributed by atoms with van der Waals surface area (Å²) in [5, 5.41) is 4.73. The zero-order chi connectivity index (χ0) is 15.4. The van der Waals surface area contributed by atoms with Crippen LogP contribution in [0.4, 0.5) is 0 Å². The number of ether oxygens (including phenoxy) is 1. The summed E-state index contributed by atoms with van der Waals surface area (Å²) < 4.78 is 5.18. The maximum absolute atomic E-state index is 6.27. The summed E-state index contributed by atoms with van der Waals surface area (Å²) in [6.45, 7) is 4.20. The molecule has 21 heavy (non-hydrogen) atoms. The molecule has 2 rings (SSSR count). The van der Waals surface area contributed by atoms with Crippen molar-refractivity contribution in [2.24, 2.45) is 0 Å². The van der Waals surface area contributed by atoms with E-state index in [0.29, 0.717) is 10.0 Å². The van der Waals surface area contributed by atoms with Gasteiger partial charge in [0.25, 0.3) is 0 Å². The summed E-state index contributed by atoms with van der Waals surface area (Å²) >= 11 is 12.3. The van der Waals surface area contributed by atoms with Gasteiger partial charge in [0.15, 0.2) is 0 Å². The Labute approximate surface area is 136 Å². The highest BCUT2D eigenvalue weighted by molar-refractivity contribution is 6.42. The Balaban J connectivity index is 2.10. The third kappa shape index (κ3) is 3.91. The van der Waals surface area contributed by atoms with Gasteiger partial charge in [0.2, 0.25) is 0 Å². The molecule has 0 aromatic heterocycles. The van der Waals surface area contributed by atoms with Gasteiger partial charge in [-0.2, -0.15) is 0 Å². The number of nitrogens with one attached hydrogen (secondary N) is 1. The Morgan fingerprint density at radius 2 is 1.62 bits per heavy atom. The van der Waals surface area contributed by atoms with E-state index >= 15 is 0 Å². The highest BCUT2D eigenvalue weighted by atomic mass is 35.5. The molecule has 0 saturated heterocycles. The minimum atomic E-state index is 0.105. The van der Waals surface area contributed by atoms with Crippen molar-refractivity contribution < 1.29 is 4.74 Å². The lowest BCUT2D eigenvalue weighted by molar-refractivity contribution is 0.414. The number of benzene rings is 2. The first kappa shape index (κ1) is 16.2. The normalized spacial score (nSPS) is 13.8. The lowest BCUT2D eigenvalue weighted by atomic mass is 10.0. The third-order valence-corrected chi connectivity index (χ3v) is 4.40. The van der Waals surface area contributed by atoms with Crippen LogP contribution in [0.15, 0.2) is 42.5 Å². The van der Waals surface area contributed by atoms with Crippen LogP contribution >= 0.6 is 23.2 Å². The molecule has 0 fully saturated rings. The van der Waals surface area contributed by atoms with Gasteiger partial charge in [-0.05, 0) is 43.2 Å². The molecule has 2 nitrogen and oxygen atoms in total. The van der Waals surface area contributed by atoms with E-state index < -0.39 is 0 Å². The molecule has 1 N–H and O–H groups in total. The molecule has 2 atom stereocenters. The molecule has 0 amide bonds. The summed E-state index contributed by atoms with van der Waals surface area (Å²) in [4.78, 5) is 0. The second kappa shape index (κ2) is 7.17. The predicted octanol–water partition coefficient (Wildman–Crippen LogP) is 5.41. The fourth-order valence-corrected chi connectivity index (χ4v) is 2.78. The largest absolute Gasteiger partial charge is 0.497 e. The summed E-state index contributed by atoms with van der Waals surface area (Å²) in [6, 6.07) is 14.1. The van der Waals surface area contributed by atoms with E-state index in [9.17, 15) is 0 Å². The van der Waals surface area contributed by atoms with Crippen molar-refractivity contribution >= 4 is 23.2 Å². The van der Waals surface area contributed by atoms with Crippen LogP contribution in [-0.4, -0.2) is 7.11 Å². The molecule has 0 bridgehead atoms. The molecule has 0 aliphatic rings. The van der Waals surface area contributed by atoms with Gasteiger partial charge in [0, 0.05) is 12.1 Å². The van der Waals surface area contributed by atoms with Crippen LogP contribution in [0.2, 0.25) is 10.0 Å². The van der Waals surface area contributed by atoms with Gasteiger partial charge in [-0.15, -0.1) is 0 Å². The van der Waals surface area contributed by atoms with Gasteiger partial charge >= 0.3 is 0 Å². The number of methoxy groups -OCH3 is 1. The summed E-state index contributed by atoms with van der Waals surface area (Å²) in [5.41, 5.74) is 2.20. The Hall–Kier alpha value is -1.22. The average Bonchev–Trinajstić information content (AvgIpc) is 2.50. The van der Waals surface area contributed by atoms with E-state index in [2.05, 4.69) is 31.3 Å². The fourth-order valence-electron chi connectivity index (χ4n) is 2.31. The second-order valence-electron chi connectivity index (χ2n) is 5.03. The standard InChI is InChI=1S/C17H19Cl2NO/c1-11(13-7-9-14(21-3)10-8-13)20-12(2)15-5-4-6-16(18)17(15)19/h4-12,20H,1-3H3. The number of hydrogen-bond acceptors (Lipinski definition) is 2. The molecular formula is C17H19Cl2NO. The molecule has 0 heterocycles. The number of halogens is 2. The molecule has 2 unspecified atom stereocenters. The highest BCUT2D eigenvalue weighted by Gasteiger charge is 2.15. The molecule has 2 aromatic carbocycles. The molecule has 112 valence electrons. The Morgan fingerprint density at radius 3 is 2.24 bits per heavy atom. The van der Waals surface area contributed by atoms with Gasteiger partial charge in [-0.25, -0.2) is 0 Å². The summed E-state index contributed by atoms with van der Waals surface area (Å²) in [5.74, 6) is 0.858. The Morgan fingerprint density at radius 1 is 0.952 bits per heavy atom. The third-order valence-electron chi connectivity index (χ3n) is 3.56. The maximum Gasteiger partial charge on any atom is 0.118 e. The highest BCUT2D eigenvalue weighted by Crippen LogP contribution is 2.31. The first-order valence-corrected chi connectivity index (χ1v) is 7.62. The predicted molar refractivity (Wildman–Crippen MR) is 89.4 cm³/mol. The van der Waals surface area contributed by atoms with Crippen molar-refractivity contribution in [1.29, 1.82) is 0 Å². The van der Waals surface area contributed by atoms with Gasteiger partial charge in [0.1, 0.15) is 5.75 Å². The van der Waals surface area contributed by atoms with Crippen LogP contribution in [0, 0.1) is 0 Å². The average molecular weight is 324 g/mol. The monoisotopic (exact) mass is 323 g/mol. The van der Waals surface area contributed by atoms with Crippen molar-refractivity contribution in [3.8, 4) is 5.75 Å². The first-order chi connectivity index (χ1) is 10.0. The Kier molecular flexibility index (Phi) is 5.51. The van der Waals surface area contributed by atoms with E-state index in [1.165, 1.54) is 5.56 Å². The van der Waals surface area contributed by atoms with Crippen LogP contribution in [0.1, 0.15) is 37.1 Å². The number of hydrogen-bond donors (Lipinski definition) is 1. The maximum atomic E-state index is 6.27. The van der Waals surface area contributed by atoms with E-state index in [1.807, 2.05) is 24.3 Å². The van der Waals surface area contributed by atoms with Gasteiger partial charge in [0.05, 0.1) is 17.2 Å². The molecule has 0 saturated carbocycles. The van der Waals surface area contributed by atoms with E-state index in [1.54, 1.807) is 13.2 Å². The van der Waals surface area contributed by atoms with E-state index in [0.717, 1.165) is 11.3 Å². The molecule has 0 aliphatic heterocycles. The minimum Gasteiger partial charge on any atom is -0.497 e. The van der Waals surface area contributed by atoms with Gasteiger partial charge in [-0.3, -0.25) is 0 Å². The summed E-state index contributed by atoms with van der Waals surface area (Å²) in [6.07, 6.45) is 0. The van der Waals surface area contributed by atoms with Crippen LogP contribution in [0.5, 0.6) is 5.75 Å². The van der Waals surface area contributed by atoms with Crippen LogP contribution < -0.4 is 10.1 Å². The molecule has 0 aliphatic carbocycles. The minimum absolute atomic E-state index is 0.105. The molecular weight excluding hydrogens is 305 g/mol. The van der Waals surface area contributed by atoms with Crippen LogP contribution in [0.3, 0.4) is 0 Å². The quantitative estimate of drug-likeness (QED) is 0.793. The van der Waals surface area contributed by atoms with Crippen molar-refractivity contribution in [1.82, 2.24) is 5.32 Å². The molecule has 2 aromatic rings. The van der Waals surface area contributed by atoms with Crippen LogP contribution in [-0.2, 0) is 0 Å². The van der Waals surface area contributed by atoms with Crippen molar-refractivity contribution in [2.45, 2.75) is 25.9 Å². The second-order valence-corrected chi connectivity index (χ2v) is 5.81. The Bertz CT molecular complexity index is 598. The lowest BCUT2D eigenvalue weighted by Crippen LogP contribution is -2.22. The van der Waals surface area contributed by atoms with E-state index in [4.69, 9.17) is 27.9 Å². The van der Waals surface area contributed by atoms with Gasteiger partial charge < -0.3 is 10.1 Å². The number of rotatable bonds is 5. The summed E-state index contributed by atoms with van der Waals surface area (Å²) in [7, 11) is 1.67. The lowest BCUT2D eigenvalue weighted by Gasteiger charge is -2.22. The zero-order valence-corrected chi connectivity index (χ0v) is 13.9. The van der Waals surface area contributed by atoms with Crippen LogP contribution in [0.25, 0.3) is 0 Å². The SMILES string of the molecule is COc1ccc(C(C)NC(C)c2cccc(Cl)c2Cl)cc1. The van der Waals surface area contributed by atoms with Gasteiger partial charge in [-0.1, -0.05) is 47.5 Å². The van der Waals surface area contributed by atoms with Crippen molar-refractivity contribution in [3.05, 3.63) is 63.6 Å². The van der Waals surface area contributed by atoms with Crippen molar-refractivity contribution in [2.75, 3.05) is 7.11 Å². The topological polar surface area (TPSA) is 21.3 Å². The molecule has 4 heteroatoms. The van der Waals surface area contributed by atoms with E-state index in [-0.39, 0.29) is 12.1 Å². The smallest absolute Gasteiger partial charge is 0.118 e. The fraction of sp³-hybridized carbons (Fsp3) is 0.294. The zero-order valence-electron chi connectivity index (χ0n) is 12.4. The first-order valence-electron chi connectivity index (χ1n) is 6.87.